The molecule has 1 N–H and O–H groups in total. The Labute approximate surface area is 56.0 Å². The molecule has 42 valence electrons. The predicted molar refractivity (Wildman–Crippen MR) is 19.5 cm³/mol. The van der Waals surface area contributed by atoms with Gasteiger partial charge in [0.1, 0.15) is 0 Å². The molecular formula is HBiO5S. The molecule has 0 fully saturated rings. The standard InChI is InChI=1S/Bi.H2O5S/c;1-5-6(2,3)4/h;1H,(H,2,3,4)/q+1;/p-1. The predicted octanol–water partition coefficient (Wildman–Crippen LogP) is -1.18. The van der Waals surface area contributed by atoms with Crippen LogP contribution in [0.4, 0.5) is 0 Å². The van der Waals surface area contributed by atoms with Crippen LogP contribution in [0.2, 0.25) is 0 Å². The van der Waals surface area contributed by atoms with Gasteiger partial charge in [-0.25, -0.2) is 0 Å². The summed E-state index contributed by atoms with van der Waals surface area (Å²) in [6.07, 6.45) is 0. The molecule has 0 amide bonds. The summed E-state index contributed by atoms with van der Waals surface area (Å²) in [6.45, 7) is 0. The molecule has 0 bridgehead atoms. The van der Waals surface area contributed by atoms with Crippen molar-refractivity contribution in [2.24, 2.45) is 0 Å². The maximum absolute atomic E-state index is 9.46. The third-order valence-electron chi connectivity index (χ3n) is 0.116. The van der Waals surface area contributed by atoms with Gasteiger partial charge in [0.2, 0.25) is 0 Å². The zero-order chi connectivity index (χ0) is 5.91. The fraction of sp³-hybridized carbons (Fsp3) is 0. The van der Waals surface area contributed by atoms with Crippen LogP contribution >= 0.6 is 0 Å². The van der Waals surface area contributed by atoms with Crippen LogP contribution in [0.25, 0.3) is 0 Å². The van der Waals surface area contributed by atoms with E-state index >= 15 is 0 Å². The van der Waals surface area contributed by atoms with Crippen LogP contribution in [0.3, 0.4) is 0 Å². The molecule has 0 rings (SSSR count). The number of hydrogen-bond acceptors (Lipinski definition) is 4. The van der Waals surface area contributed by atoms with Crippen molar-refractivity contribution in [2.75, 3.05) is 0 Å². The molecule has 0 heterocycles. The van der Waals surface area contributed by atoms with Gasteiger partial charge in [0.15, 0.2) is 0 Å². The van der Waals surface area contributed by atoms with Gasteiger partial charge in [-0.15, -0.1) is 0 Å². The summed E-state index contributed by atoms with van der Waals surface area (Å²) in [5.74, 6) is 0. The van der Waals surface area contributed by atoms with Crippen LogP contribution in [0, 0.1) is 0 Å². The van der Waals surface area contributed by atoms with Gasteiger partial charge in [0, 0.05) is 0 Å². The average Bonchev–Trinajstić information content (AvgIpc) is 1.30. The fourth-order valence-electron chi connectivity index (χ4n) is 0.0385. The van der Waals surface area contributed by atoms with Crippen LogP contribution in [-0.4, -0.2) is 38.1 Å². The Morgan fingerprint density at radius 2 is 2.00 bits per heavy atom. The van der Waals surface area contributed by atoms with Gasteiger partial charge in [-0.3, -0.25) is 0 Å². The number of rotatable bonds is 2. The van der Waals surface area contributed by atoms with E-state index in [1.165, 1.54) is 0 Å². The molecule has 0 saturated heterocycles. The Morgan fingerprint density at radius 3 is 2.00 bits per heavy atom. The van der Waals surface area contributed by atoms with E-state index in [2.05, 4.69) is 7.30 Å². The van der Waals surface area contributed by atoms with E-state index in [9.17, 15) is 8.42 Å². The van der Waals surface area contributed by atoms with E-state index in [0.29, 0.717) is 0 Å². The number of hydrogen-bond donors (Lipinski definition) is 1. The van der Waals surface area contributed by atoms with Crippen molar-refractivity contribution in [2.45, 2.75) is 0 Å². The first-order valence-electron chi connectivity index (χ1n) is 1.03. The second-order valence-electron chi connectivity index (χ2n) is 0.570. The molecule has 0 atom stereocenters. The monoisotopic (exact) mass is 322 g/mol. The summed E-state index contributed by atoms with van der Waals surface area (Å²) in [5.41, 5.74) is 0. The second-order valence-corrected chi connectivity index (χ2v) is 2.14. The van der Waals surface area contributed by atoms with E-state index in [4.69, 9.17) is 4.55 Å². The van der Waals surface area contributed by atoms with E-state index in [1.807, 2.05) is 0 Å². The van der Waals surface area contributed by atoms with Crippen molar-refractivity contribution >= 4 is 35.6 Å². The van der Waals surface area contributed by atoms with Crippen molar-refractivity contribution < 1.29 is 20.3 Å². The van der Waals surface area contributed by atoms with Crippen LogP contribution in [0.1, 0.15) is 0 Å². The molecule has 0 saturated carbocycles. The van der Waals surface area contributed by atoms with Crippen LogP contribution in [-0.2, 0) is 17.7 Å². The van der Waals surface area contributed by atoms with Gasteiger partial charge < -0.3 is 0 Å². The van der Waals surface area contributed by atoms with E-state index in [0.717, 1.165) is 0 Å². The average molecular weight is 322 g/mol. The molecule has 0 unspecified atom stereocenters. The Morgan fingerprint density at radius 1 is 1.57 bits per heavy atom. The molecule has 5 nitrogen and oxygen atoms in total. The Bertz CT molecular complexity index is 121. The van der Waals surface area contributed by atoms with Gasteiger partial charge >= 0.3 is 55.8 Å². The SMILES string of the molecule is O=S(=O)(O)O[O][Bi]. The Balaban J connectivity index is 3.60. The van der Waals surface area contributed by atoms with Crippen LogP contribution < -0.4 is 0 Å². The van der Waals surface area contributed by atoms with Gasteiger partial charge in [0.25, 0.3) is 0 Å². The third-order valence-corrected chi connectivity index (χ3v) is 1.06. The topological polar surface area (TPSA) is 72.8 Å². The van der Waals surface area contributed by atoms with Gasteiger partial charge in [-0.2, -0.15) is 0 Å². The van der Waals surface area contributed by atoms with Crippen molar-refractivity contribution in [3.05, 3.63) is 0 Å². The minimum atomic E-state index is -4.37. The molecule has 0 aromatic carbocycles. The quantitative estimate of drug-likeness (QED) is 0.300. The first-order chi connectivity index (χ1) is 3.06. The summed E-state index contributed by atoms with van der Waals surface area (Å²) in [5, 5.41) is 0. The minimum absolute atomic E-state index is 0.280. The fourth-order valence-corrected chi connectivity index (χ4v) is 1.01. The molecule has 0 aromatic rings. The van der Waals surface area contributed by atoms with E-state index in [-0.39, 0.29) is 25.2 Å². The van der Waals surface area contributed by atoms with Crippen molar-refractivity contribution in [3.8, 4) is 0 Å². The summed E-state index contributed by atoms with van der Waals surface area (Å²) in [7, 11) is -4.37. The van der Waals surface area contributed by atoms with Gasteiger partial charge in [-0.05, 0) is 0 Å². The third kappa shape index (κ3) is 6.71. The van der Waals surface area contributed by atoms with Gasteiger partial charge in [0.05, 0.1) is 0 Å². The van der Waals surface area contributed by atoms with Crippen molar-refractivity contribution in [1.82, 2.24) is 0 Å². The zero-order valence-electron chi connectivity index (χ0n) is 2.94. The molecule has 0 aliphatic carbocycles. The van der Waals surface area contributed by atoms with E-state index in [1.54, 1.807) is 0 Å². The summed E-state index contributed by atoms with van der Waals surface area (Å²) in [6, 6.07) is 0. The Kier molecular flexibility index (Phi) is 3.18. The van der Waals surface area contributed by atoms with Crippen molar-refractivity contribution in [3.63, 3.8) is 0 Å². The van der Waals surface area contributed by atoms with Crippen LogP contribution in [0.5, 0.6) is 0 Å². The maximum atomic E-state index is 9.46. The normalized spacial score (nSPS) is 11.7. The summed E-state index contributed by atoms with van der Waals surface area (Å²) < 4.78 is 33.6. The summed E-state index contributed by atoms with van der Waals surface area (Å²) in [4.78, 5) is 0. The van der Waals surface area contributed by atoms with Gasteiger partial charge in [-0.1, -0.05) is 0 Å². The first kappa shape index (κ1) is 7.71. The zero-order valence-corrected chi connectivity index (χ0v) is 7.23. The second kappa shape index (κ2) is 2.89. The molecule has 0 aliphatic rings. The van der Waals surface area contributed by atoms with Crippen molar-refractivity contribution in [1.29, 1.82) is 0 Å². The first-order valence-corrected chi connectivity index (χ1v) is 3.82. The molecular weight excluding hydrogens is 321 g/mol. The molecule has 0 aromatic heterocycles. The molecule has 2 radical (unpaired) electrons. The molecule has 0 spiro atoms. The molecule has 7 heavy (non-hydrogen) atoms. The molecule has 7 heteroatoms. The summed E-state index contributed by atoms with van der Waals surface area (Å²) >= 11 is 0.280. The van der Waals surface area contributed by atoms with E-state index < -0.39 is 10.4 Å². The van der Waals surface area contributed by atoms with Crippen LogP contribution in [0.15, 0.2) is 0 Å². The molecule has 0 aliphatic heterocycles. The Hall–Kier alpha value is 0.713.